The highest BCUT2D eigenvalue weighted by Crippen LogP contribution is 2.27. The monoisotopic (exact) mass is 417 g/mol. The SMILES string of the molecule is NC(=O)Nc1ccc(CNC(=O)c2cn(-c3ccccc3)nc2-c2cccs2)cc1. The van der Waals surface area contributed by atoms with Crippen LogP contribution in [0.2, 0.25) is 0 Å². The lowest BCUT2D eigenvalue weighted by atomic mass is 10.1. The second-order valence-corrected chi connectivity index (χ2v) is 7.47. The summed E-state index contributed by atoms with van der Waals surface area (Å²) in [5.74, 6) is -0.208. The van der Waals surface area contributed by atoms with Gasteiger partial charge >= 0.3 is 6.03 Å². The Morgan fingerprint density at radius 1 is 1.00 bits per heavy atom. The molecule has 2 aromatic carbocycles. The Balaban J connectivity index is 1.54. The normalized spacial score (nSPS) is 10.5. The Bertz CT molecular complexity index is 1150. The van der Waals surface area contributed by atoms with E-state index in [9.17, 15) is 9.59 Å². The van der Waals surface area contributed by atoms with E-state index in [1.54, 1.807) is 23.0 Å². The van der Waals surface area contributed by atoms with Crippen LogP contribution in [0.1, 0.15) is 15.9 Å². The van der Waals surface area contributed by atoms with Gasteiger partial charge < -0.3 is 16.4 Å². The summed E-state index contributed by atoms with van der Waals surface area (Å²) in [6.07, 6.45) is 1.75. The van der Waals surface area contributed by atoms with Crippen molar-refractivity contribution < 1.29 is 9.59 Å². The molecule has 0 aliphatic carbocycles. The number of hydrogen-bond acceptors (Lipinski definition) is 4. The second kappa shape index (κ2) is 8.62. The molecule has 4 aromatic rings. The minimum Gasteiger partial charge on any atom is -0.351 e. The molecule has 30 heavy (non-hydrogen) atoms. The number of anilines is 1. The van der Waals surface area contributed by atoms with E-state index in [4.69, 9.17) is 5.73 Å². The first kappa shape index (κ1) is 19.4. The summed E-state index contributed by atoms with van der Waals surface area (Å²) in [6.45, 7) is 0.343. The first-order valence-corrected chi connectivity index (χ1v) is 10.1. The van der Waals surface area contributed by atoms with Gasteiger partial charge in [-0.25, -0.2) is 9.48 Å². The summed E-state index contributed by atoms with van der Waals surface area (Å²) < 4.78 is 1.72. The van der Waals surface area contributed by atoms with E-state index < -0.39 is 6.03 Å². The van der Waals surface area contributed by atoms with Gasteiger partial charge in [0.25, 0.3) is 5.91 Å². The molecule has 0 unspecified atom stereocenters. The van der Waals surface area contributed by atoms with E-state index >= 15 is 0 Å². The lowest BCUT2D eigenvalue weighted by molar-refractivity contribution is 0.0951. The Morgan fingerprint density at radius 3 is 2.43 bits per heavy atom. The van der Waals surface area contributed by atoms with Gasteiger partial charge in [0, 0.05) is 18.4 Å². The number of nitrogens with one attached hydrogen (secondary N) is 2. The standard InChI is InChI=1S/C22H19N5O2S/c23-22(29)25-16-10-8-15(9-11-16)13-24-21(28)18-14-27(17-5-2-1-3-6-17)26-20(18)19-7-4-12-30-19/h1-12,14H,13H2,(H,24,28)(H3,23,25,29). The molecule has 0 aliphatic heterocycles. The zero-order chi connectivity index (χ0) is 20.9. The van der Waals surface area contributed by atoms with Crippen molar-refractivity contribution in [3.8, 4) is 16.3 Å². The van der Waals surface area contributed by atoms with Gasteiger partial charge in [-0.3, -0.25) is 4.79 Å². The molecule has 2 heterocycles. The van der Waals surface area contributed by atoms with Crippen LogP contribution in [0.4, 0.5) is 10.5 Å². The lowest BCUT2D eigenvalue weighted by Gasteiger charge is -2.07. The van der Waals surface area contributed by atoms with Crippen LogP contribution in [-0.4, -0.2) is 21.7 Å². The molecule has 3 amide bonds. The minimum absolute atomic E-state index is 0.208. The van der Waals surface area contributed by atoms with E-state index in [1.165, 1.54) is 11.3 Å². The molecule has 4 N–H and O–H groups in total. The van der Waals surface area contributed by atoms with E-state index in [0.717, 1.165) is 16.1 Å². The van der Waals surface area contributed by atoms with Gasteiger partial charge in [-0.2, -0.15) is 5.10 Å². The molecule has 8 heteroatoms. The van der Waals surface area contributed by atoms with Crippen molar-refractivity contribution >= 4 is 29.0 Å². The van der Waals surface area contributed by atoms with Crippen molar-refractivity contribution in [3.63, 3.8) is 0 Å². The number of para-hydroxylation sites is 1. The van der Waals surface area contributed by atoms with Crippen molar-refractivity contribution in [1.29, 1.82) is 0 Å². The molecule has 0 atom stereocenters. The highest BCUT2D eigenvalue weighted by Gasteiger charge is 2.19. The molecule has 2 aromatic heterocycles. The van der Waals surface area contributed by atoms with Crippen LogP contribution in [0.25, 0.3) is 16.3 Å². The van der Waals surface area contributed by atoms with E-state index in [0.29, 0.717) is 23.5 Å². The minimum atomic E-state index is -0.618. The summed E-state index contributed by atoms with van der Waals surface area (Å²) >= 11 is 1.54. The van der Waals surface area contributed by atoms with Crippen LogP contribution < -0.4 is 16.4 Å². The Hall–Kier alpha value is -3.91. The van der Waals surface area contributed by atoms with Crippen LogP contribution in [0, 0.1) is 0 Å². The summed E-state index contributed by atoms with van der Waals surface area (Å²) in [6, 6.07) is 20.0. The Morgan fingerprint density at radius 2 is 1.77 bits per heavy atom. The molecule has 0 spiro atoms. The van der Waals surface area contributed by atoms with Crippen molar-refractivity contribution in [3.05, 3.63) is 89.4 Å². The molecule has 0 bridgehead atoms. The molecule has 0 saturated carbocycles. The zero-order valence-electron chi connectivity index (χ0n) is 15.9. The lowest BCUT2D eigenvalue weighted by Crippen LogP contribution is -2.23. The number of nitrogens with two attached hydrogens (primary N) is 1. The maximum absolute atomic E-state index is 13.0. The number of thiophene rings is 1. The fraction of sp³-hybridized carbons (Fsp3) is 0.0455. The van der Waals surface area contributed by atoms with E-state index in [-0.39, 0.29) is 5.91 Å². The van der Waals surface area contributed by atoms with Crippen molar-refractivity contribution in [1.82, 2.24) is 15.1 Å². The number of benzene rings is 2. The molecule has 0 radical (unpaired) electrons. The topological polar surface area (TPSA) is 102 Å². The predicted molar refractivity (Wildman–Crippen MR) is 118 cm³/mol. The third kappa shape index (κ3) is 4.39. The Kier molecular flexibility index (Phi) is 5.58. The summed E-state index contributed by atoms with van der Waals surface area (Å²) in [7, 11) is 0. The number of carbonyl (C=O) groups is 2. The van der Waals surface area contributed by atoms with Gasteiger partial charge in [0.15, 0.2) is 0 Å². The van der Waals surface area contributed by atoms with Crippen LogP contribution >= 0.6 is 11.3 Å². The van der Waals surface area contributed by atoms with Gasteiger partial charge in [0.1, 0.15) is 5.69 Å². The van der Waals surface area contributed by atoms with Gasteiger partial charge in [-0.15, -0.1) is 11.3 Å². The first-order chi connectivity index (χ1) is 14.6. The largest absolute Gasteiger partial charge is 0.351 e. The van der Waals surface area contributed by atoms with Crippen LogP contribution in [0.3, 0.4) is 0 Å². The van der Waals surface area contributed by atoms with E-state index in [1.807, 2.05) is 60.0 Å². The summed E-state index contributed by atoms with van der Waals surface area (Å²) in [4.78, 5) is 24.8. The van der Waals surface area contributed by atoms with Crippen molar-refractivity contribution in [2.75, 3.05) is 5.32 Å². The molecule has 4 rings (SSSR count). The molecule has 0 fully saturated rings. The first-order valence-electron chi connectivity index (χ1n) is 9.23. The molecular weight excluding hydrogens is 398 g/mol. The van der Waals surface area contributed by atoms with Crippen molar-refractivity contribution in [2.45, 2.75) is 6.54 Å². The molecule has 7 nitrogen and oxygen atoms in total. The number of hydrogen-bond donors (Lipinski definition) is 3. The number of urea groups is 1. The average molecular weight is 417 g/mol. The predicted octanol–water partition coefficient (Wildman–Crippen LogP) is 4.02. The summed E-state index contributed by atoms with van der Waals surface area (Å²) in [5, 5.41) is 12.1. The fourth-order valence-electron chi connectivity index (χ4n) is 2.97. The number of rotatable bonds is 6. The third-order valence-electron chi connectivity index (χ3n) is 4.41. The van der Waals surface area contributed by atoms with Gasteiger partial charge in [0.05, 0.1) is 16.1 Å². The highest BCUT2D eigenvalue weighted by atomic mass is 32.1. The van der Waals surface area contributed by atoms with Crippen LogP contribution in [0.15, 0.2) is 78.3 Å². The van der Waals surface area contributed by atoms with Crippen molar-refractivity contribution in [2.24, 2.45) is 5.73 Å². The maximum Gasteiger partial charge on any atom is 0.316 e. The Labute approximate surface area is 177 Å². The van der Waals surface area contributed by atoms with Gasteiger partial charge in [-0.05, 0) is 41.3 Å². The highest BCUT2D eigenvalue weighted by molar-refractivity contribution is 7.13. The molecule has 0 saturated heterocycles. The number of primary amides is 1. The van der Waals surface area contributed by atoms with Crippen LogP contribution in [-0.2, 0) is 6.54 Å². The quantitative estimate of drug-likeness (QED) is 0.441. The average Bonchev–Trinajstić information content (AvgIpc) is 3.43. The maximum atomic E-state index is 13.0. The molecule has 0 aliphatic rings. The van der Waals surface area contributed by atoms with Gasteiger partial charge in [-0.1, -0.05) is 36.4 Å². The van der Waals surface area contributed by atoms with Gasteiger partial charge in [0.2, 0.25) is 0 Å². The van der Waals surface area contributed by atoms with Crippen LogP contribution in [0.5, 0.6) is 0 Å². The number of amides is 3. The van der Waals surface area contributed by atoms with E-state index in [2.05, 4.69) is 15.7 Å². The zero-order valence-corrected chi connectivity index (χ0v) is 16.7. The number of aromatic nitrogens is 2. The number of carbonyl (C=O) groups excluding carboxylic acids is 2. The number of nitrogens with zero attached hydrogens (tertiary/aromatic N) is 2. The molecule has 150 valence electrons. The summed E-state index contributed by atoms with van der Waals surface area (Å²) in [5.41, 5.74) is 8.64. The smallest absolute Gasteiger partial charge is 0.316 e. The third-order valence-corrected chi connectivity index (χ3v) is 5.29. The molecular formula is C22H19N5O2S. The fourth-order valence-corrected chi connectivity index (χ4v) is 3.70. The second-order valence-electron chi connectivity index (χ2n) is 6.52.